The van der Waals surface area contributed by atoms with Crippen LogP contribution in [-0.2, 0) is 5.41 Å². The van der Waals surface area contributed by atoms with Gasteiger partial charge in [-0.3, -0.25) is 0 Å². The average Bonchev–Trinajstić information content (AvgIpc) is 2.89. The molecule has 2 atom stereocenters. The Hall–Kier alpha value is -1.90. The van der Waals surface area contributed by atoms with E-state index in [4.69, 9.17) is 0 Å². The van der Waals surface area contributed by atoms with E-state index in [1.54, 1.807) is 0 Å². The molecule has 1 aromatic carbocycles. The molecule has 3 rings (SSSR count). The maximum Gasteiger partial charge on any atom is 0.225 e. The first kappa shape index (κ1) is 15.0. The molecule has 3 heteroatoms. The zero-order chi connectivity index (χ0) is 15.7. The molecule has 0 aliphatic carbocycles. The van der Waals surface area contributed by atoms with Crippen LogP contribution in [-0.4, -0.2) is 22.6 Å². The van der Waals surface area contributed by atoms with Gasteiger partial charge in [0.2, 0.25) is 5.95 Å². The molecular weight excluding hydrogens is 270 g/mol. The zero-order valence-corrected chi connectivity index (χ0v) is 14.0. The van der Waals surface area contributed by atoms with Crippen molar-refractivity contribution in [1.82, 2.24) is 9.97 Å². The lowest BCUT2D eigenvalue weighted by Gasteiger charge is -2.25. The van der Waals surface area contributed by atoms with Crippen molar-refractivity contribution in [2.45, 2.75) is 51.5 Å². The van der Waals surface area contributed by atoms with Gasteiger partial charge in [0.1, 0.15) is 0 Å². The highest BCUT2D eigenvalue weighted by molar-refractivity contribution is 5.38. The van der Waals surface area contributed by atoms with Gasteiger partial charge in [0.15, 0.2) is 0 Å². The summed E-state index contributed by atoms with van der Waals surface area (Å²) in [5.74, 6) is 1.40. The number of hydrogen-bond acceptors (Lipinski definition) is 3. The smallest absolute Gasteiger partial charge is 0.225 e. The van der Waals surface area contributed by atoms with Gasteiger partial charge >= 0.3 is 0 Å². The molecule has 2 heterocycles. The Morgan fingerprint density at radius 3 is 2.27 bits per heavy atom. The third kappa shape index (κ3) is 2.85. The molecule has 0 radical (unpaired) electrons. The third-order valence-corrected chi connectivity index (χ3v) is 4.77. The van der Waals surface area contributed by atoms with Gasteiger partial charge in [-0.2, -0.15) is 0 Å². The van der Waals surface area contributed by atoms with Crippen LogP contribution < -0.4 is 4.90 Å². The van der Waals surface area contributed by atoms with Gasteiger partial charge in [-0.1, -0.05) is 45.0 Å². The predicted molar refractivity (Wildman–Crippen MR) is 91.3 cm³/mol. The quantitative estimate of drug-likeness (QED) is 0.833. The molecule has 1 aliphatic heterocycles. The average molecular weight is 295 g/mol. The maximum atomic E-state index is 4.40. The van der Waals surface area contributed by atoms with Gasteiger partial charge in [0, 0.05) is 30.9 Å². The van der Waals surface area contributed by atoms with E-state index >= 15 is 0 Å². The van der Waals surface area contributed by atoms with Crippen LogP contribution >= 0.6 is 0 Å². The van der Waals surface area contributed by atoms with Crippen LogP contribution in [0.1, 0.15) is 51.2 Å². The summed E-state index contributed by atoms with van der Waals surface area (Å²) in [6, 6.07) is 11.5. The Bertz CT molecular complexity index is 613. The van der Waals surface area contributed by atoms with Crippen molar-refractivity contribution >= 4 is 5.95 Å². The standard InChI is InChI=1S/C19H25N3/c1-14-17(10-13-22(14)18-20-11-5-12-21-18)15-6-8-16(9-7-15)19(2,3)4/h5-9,11-12,14,17H,10,13H2,1-4H3. The minimum atomic E-state index is 0.212. The number of aromatic nitrogens is 2. The van der Waals surface area contributed by atoms with Crippen molar-refractivity contribution < 1.29 is 0 Å². The number of anilines is 1. The van der Waals surface area contributed by atoms with Gasteiger partial charge in [-0.05, 0) is 36.0 Å². The lowest BCUT2D eigenvalue weighted by Crippen LogP contribution is -2.30. The van der Waals surface area contributed by atoms with Crippen LogP contribution in [0.25, 0.3) is 0 Å². The summed E-state index contributed by atoms with van der Waals surface area (Å²) in [4.78, 5) is 11.1. The minimum Gasteiger partial charge on any atom is -0.337 e. The lowest BCUT2D eigenvalue weighted by molar-refractivity contribution is 0.587. The molecule has 0 spiro atoms. The van der Waals surface area contributed by atoms with Crippen LogP contribution in [0.5, 0.6) is 0 Å². The molecule has 22 heavy (non-hydrogen) atoms. The van der Waals surface area contributed by atoms with E-state index in [0.717, 1.165) is 18.9 Å². The highest BCUT2D eigenvalue weighted by atomic mass is 15.3. The summed E-state index contributed by atoms with van der Waals surface area (Å²) in [5.41, 5.74) is 3.04. The molecule has 2 unspecified atom stereocenters. The Balaban J connectivity index is 1.79. The Kier molecular flexibility index (Phi) is 3.90. The zero-order valence-electron chi connectivity index (χ0n) is 14.0. The van der Waals surface area contributed by atoms with Crippen LogP contribution in [0.15, 0.2) is 42.7 Å². The lowest BCUT2D eigenvalue weighted by atomic mass is 9.84. The molecule has 0 amide bonds. The number of rotatable bonds is 2. The van der Waals surface area contributed by atoms with Gasteiger partial charge in [-0.15, -0.1) is 0 Å². The molecule has 1 aromatic heterocycles. The molecule has 116 valence electrons. The minimum absolute atomic E-state index is 0.212. The van der Waals surface area contributed by atoms with Crippen LogP contribution in [0.2, 0.25) is 0 Å². The van der Waals surface area contributed by atoms with E-state index in [9.17, 15) is 0 Å². The topological polar surface area (TPSA) is 29.0 Å². The van der Waals surface area contributed by atoms with Crippen molar-refractivity contribution in [3.05, 3.63) is 53.9 Å². The molecule has 0 bridgehead atoms. The monoisotopic (exact) mass is 295 g/mol. The molecule has 2 aromatic rings. The van der Waals surface area contributed by atoms with E-state index in [2.05, 4.69) is 66.8 Å². The Morgan fingerprint density at radius 1 is 1.05 bits per heavy atom. The second kappa shape index (κ2) is 5.71. The van der Waals surface area contributed by atoms with E-state index < -0.39 is 0 Å². The summed E-state index contributed by atoms with van der Waals surface area (Å²) in [7, 11) is 0. The largest absolute Gasteiger partial charge is 0.337 e. The van der Waals surface area contributed by atoms with Gasteiger partial charge in [0.05, 0.1) is 0 Å². The summed E-state index contributed by atoms with van der Waals surface area (Å²) < 4.78 is 0. The SMILES string of the molecule is CC1C(c2ccc(C(C)(C)C)cc2)CCN1c1ncccn1. The fraction of sp³-hybridized carbons (Fsp3) is 0.474. The van der Waals surface area contributed by atoms with Gasteiger partial charge < -0.3 is 4.90 Å². The van der Waals surface area contributed by atoms with Crippen molar-refractivity contribution in [2.75, 3.05) is 11.4 Å². The molecular formula is C19H25N3. The Labute approximate surface area is 133 Å². The highest BCUT2D eigenvalue weighted by Gasteiger charge is 2.33. The summed E-state index contributed by atoms with van der Waals surface area (Å²) in [6.07, 6.45) is 4.80. The number of nitrogens with zero attached hydrogens (tertiary/aromatic N) is 3. The highest BCUT2D eigenvalue weighted by Crippen LogP contribution is 2.35. The van der Waals surface area contributed by atoms with Crippen molar-refractivity contribution in [2.24, 2.45) is 0 Å². The van der Waals surface area contributed by atoms with E-state index in [1.807, 2.05) is 18.5 Å². The van der Waals surface area contributed by atoms with E-state index in [0.29, 0.717) is 12.0 Å². The second-order valence-electron chi connectivity index (χ2n) is 7.25. The maximum absolute atomic E-state index is 4.40. The van der Waals surface area contributed by atoms with Crippen molar-refractivity contribution in [1.29, 1.82) is 0 Å². The fourth-order valence-electron chi connectivity index (χ4n) is 3.34. The molecule has 1 fully saturated rings. The molecule has 1 aliphatic rings. The van der Waals surface area contributed by atoms with Crippen molar-refractivity contribution in [3.63, 3.8) is 0 Å². The predicted octanol–water partition coefficient (Wildman–Crippen LogP) is 4.16. The molecule has 0 N–H and O–H groups in total. The molecule has 3 nitrogen and oxygen atoms in total. The van der Waals surface area contributed by atoms with Crippen LogP contribution in [0.4, 0.5) is 5.95 Å². The van der Waals surface area contributed by atoms with Crippen molar-refractivity contribution in [3.8, 4) is 0 Å². The Morgan fingerprint density at radius 2 is 1.68 bits per heavy atom. The molecule has 1 saturated heterocycles. The first-order valence-electron chi connectivity index (χ1n) is 8.11. The summed E-state index contributed by atoms with van der Waals surface area (Å²) in [6.45, 7) is 10.1. The normalized spacial score (nSPS) is 22.1. The third-order valence-electron chi connectivity index (χ3n) is 4.77. The first-order chi connectivity index (χ1) is 10.5. The molecule has 0 saturated carbocycles. The number of hydrogen-bond donors (Lipinski definition) is 0. The van der Waals surface area contributed by atoms with Crippen LogP contribution in [0.3, 0.4) is 0 Å². The van der Waals surface area contributed by atoms with E-state index in [-0.39, 0.29) is 5.41 Å². The van der Waals surface area contributed by atoms with Gasteiger partial charge in [-0.25, -0.2) is 9.97 Å². The summed E-state index contributed by atoms with van der Waals surface area (Å²) >= 11 is 0. The summed E-state index contributed by atoms with van der Waals surface area (Å²) in [5, 5.41) is 0. The fourth-order valence-corrected chi connectivity index (χ4v) is 3.34. The van der Waals surface area contributed by atoms with E-state index in [1.165, 1.54) is 11.1 Å². The number of benzene rings is 1. The van der Waals surface area contributed by atoms with Gasteiger partial charge in [0.25, 0.3) is 0 Å². The first-order valence-corrected chi connectivity index (χ1v) is 8.11. The van der Waals surface area contributed by atoms with Crippen LogP contribution in [0, 0.1) is 0 Å². The second-order valence-corrected chi connectivity index (χ2v) is 7.25.